The van der Waals surface area contributed by atoms with E-state index in [1.807, 2.05) is 11.3 Å². The molecule has 0 saturated heterocycles. The first-order valence-electron chi connectivity index (χ1n) is 23.6. The van der Waals surface area contributed by atoms with E-state index >= 15 is 0 Å². The summed E-state index contributed by atoms with van der Waals surface area (Å²) in [5, 5.41) is 8.63. The third-order valence-corrected chi connectivity index (χ3v) is 21.9. The molecule has 0 N–H and O–H groups in total. The number of anilines is 3. The van der Waals surface area contributed by atoms with Crippen molar-refractivity contribution in [3.63, 3.8) is 0 Å². The first-order valence-corrected chi connectivity index (χ1v) is 26.4. The Kier molecular flexibility index (Phi) is 7.56. The van der Waals surface area contributed by atoms with Gasteiger partial charge in [-0.3, -0.25) is 0 Å². The van der Waals surface area contributed by atoms with Gasteiger partial charge in [0.15, 0.2) is 8.07 Å². The molecule has 0 fully saturated rings. The van der Waals surface area contributed by atoms with E-state index < -0.39 is 13.5 Å². The van der Waals surface area contributed by atoms with Crippen LogP contribution in [0.4, 0.5) is 17.1 Å². The minimum absolute atomic E-state index is 0.0284. The topological polar surface area (TPSA) is 3.24 Å². The highest BCUT2D eigenvalue weighted by atomic mass is 32.1. The second-order valence-corrected chi connectivity index (χ2v) is 25.9. The molecule has 2 spiro atoms. The predicted octanol–water partition coefficient (Wildman–Crippen LogP) is 14.1. The maximum atomic E-state index is 2.65. The molecule has 3 aliphatic heterocycles. The Balaban J connectivity index is 1.12. The molecule has 4 aliphatic rings. The maximum absolute atomic E-state index is 2.70. The average Bonchev–Trinajstić information content (AvgIpc) is 4.03. The summed E-state index contributed by atoms with van der Waals surface area (Å²) >= 11 is 1.93. The Morgan fingerprint density at radius 2 is 0.894 bits per heavy atom. The highest BCUT2D eigenvalue weighted by Crippen LogP contribution is 2.65. The fourth-order valence-electron chi connectivity index (χ4n) is 12.8. The summed E-state index contributed by atoms with van der Waals surface area (Å²) in [5.74, 6) is 0. The predicted molar refractivity (Wildman–Crippen MR) is 284 cm³/mol. The van der Waals surface area contributed by atoms with E-state index in [1.165, 1.54) is 125 Å². The highest BCUT2D eigenvalue weighted by Gasteiger charge is 2.56. The fraction of sp³-hybridized carbons (Fsp3) is 0.143. The van der Waals surface area contributed by atoms with Crippen molar-refractivity contribution in [3.8, 4) is 33.4 Å². The largest absolute Gasteiger partial charge is 0.310 e. The molecular weight excluding hydrogens is 831 g/mol. The molecular formula is C63H49NSSi. The van der Waals surface area contributed by atoms with Crippen molar-refractivity contribution in [3.05, 3.63) is 221 Å². The van der Waals surface area contributed by atoms with E-state index in [0.717, 1.165) is 0 Å². The number of hydrogen-bond donors (Lipinski definition) is 0. The van der Waals surface area contributed by atoms with Crippen LogP contribution in [0.1, 0.15) is 74.9 Å². The van der Waals surface area contributed by atoms with E-state index in [-0.39, 0.29) is 10.8 Å². The molecule has 0 radical (unpaired) electrons. The number of para-hydroxylation sites is 1. The number of rotatable bonds is 1. The summed E-state index contributed by atoms with van der Waals surface area (Å²) in [4.78, 5) is 2.65. The van der Waals surface area contributed by atoms with Gasteiger partial charge in [-0.25, -0.2) is 0 Å². The van der Waals surface area contributed by atoms with Crippen LogP contribution >= 0.6 is 11.3 Å². The van der Waals surface area contributed by atoms with Crippen molar-refractivity contribution >= 4 is 77.4 Å². The van der Waals surface area contributed by atoms with E-state index in [4.69, 9.17) is 0 Å². The lowest BCUT2D eigenvalue weighted by molar-refractivity contribution is 0.586. The van der Waals surface area contributed by atoms with Crippen molar-refractivity contribution in [1.82, 2.24) is 0 Å². The lowest BCUT2D eigenvalue weighted by Gasteiger charge is -2.45. The van der Waals surface area contributed by atoms with Gasteiger partial charge >= 0.3 is 0 Å². The van der Waals surface area contributed by atoms with Crippen molar-refractivity contribution in [2.45, 2.75) is 57.8 Å². The van der Waals surface area contributed by atoms with Gasteiger partial charge in [-0.15, -0.1) is 11.3 Å². The number of benzene rings is 9. The molecule has 0 unspecified atom stereocenters. The SMILES string of the molecule is CC(C)(C)c1ccc2c(c1)C1(c3cc(C(C)(C)C)ccc3-2)c2ccccc2N(c2ccc3c(c2)[Si]2(c4ccccc4-c4ccccc42)c2ccccc2-3)c2cc3c(cc21)sc1ccccc13. The Labute approximate surface area is 392 Å². The van der Waals surface area contributed by atoms with Crippen LogP contribution < -0.4 is 25.6 Å². The molecule has 0 bridgehead atoms. The minimum Gasteiger partial charge on any atom is -0.310 e. The van der Waals surface area contributed by atoms with Crippen molar-refractivity contribution in [1.29, 1.82) is 0 Å². The number of nitrogens with zero attached hydrogens (tertiary/aromatic N) is 1. The minimum atomic E-state index is -2.70. The molecule has 1 aromatic heterocycles. The number of hydrogen-bond acceptors (Lipinski definition) is 2. The quantitative estimate of drug-likeness (QED) is 0.149. The fourth-order valence-corrected chi connectivity index (χ4v) is 19.6. The van der Waals surface area contributed by atoms with Gasteiger partial charge in [-0.2, -0.15) is 0 Å². The van der Waals surface area contributed by atoms with Gasteiger partial charge in [0, 0.05) is 25.9 Å². The molecule has 1 aliphatic carbocycles. The van der Waals surface area contributed by atoms with Gasteiger partial charge in [-0.05, 0) is 135 Å². The van der Waals surface area contributed by atoms with Gasteiger partial charge in [0.05, 0.1) is 16.8 Å². The van der Waals surface area contributed by atoms with Gasteiger partial charge in [0.25, 0.3) is 0 Å². The van der Waals surface area contributed by atoms with Crippen LogP contribution in [-0.4, -0.2) is 8.07 Å². The molecule has 9 aromatic carbocycles. The molecule has 3 heteroatoms. The van der Waals surface area contributed by atoms with Crippen molar-refractivity contribution in [2.24, 2.45) is 0 Å². The van der Waals surface area contributed by atoms with Crippen LogP contribution in [0, 0.1) is 0 Å². The van der Waals surface area contributed by atoms with E-state index in [1.54, 1.807) is 0 Å². The standard InChI is InChI=1S/C63H49NSSi/c1-61(2,3)38-27-30-41-42-31-28-39(62(4,5)6)34-51(42)63(50(41)33-38)49-21-11-12-22-53(49)64(54-36-48-43-17-7-13-23-55(43)65-56(48)37-52(54)63)40-29-32-47-46-20-10-16-26-59(46)66(60(47)35-40)57-24-14-8-18-44(57)45-19-9-15-25-58(45)66/h7-37H,1-6H3. The van der Waals surface area contributed by atoms with Gasteiger partial charge in [0.1, 0.15) is 0 Å². The number of thiophene rings is 1. The summed E-state index contributed by atoms with van der Waals surface area (Å²) in [6.45, 7) is 14.1. The molecule has 14 rings (SSSR count). The first kappa shape index (κ1) is 38.5. The third kappa shape index (κ3) is 4.74. The van der Waals surface area contributed by atoms with E-state index in [0.29, 0.717) is 0 Å². The summed E-state index contributed by atoms with van der Waals surface area (Å²) in [7, 11) is -2.70. The molecule has 4 heterocycles. The lowest BCUT2D eigenvalue weighted by atomic mass is 9.63. The van der Waals surface area contributed by atoms with Gasteiger partial charge in [-0.1, -0.05) is 193 Å². The third-order valence-electron chi connectivity index (χ3n) is 15.8. The summed E-state index contributed by atoms with van der Waals surface area (Å²) < 4.78 is 2.66. The molecule has 1 nitrogen and oxygen atoms in total. The van der Waals surface area contributed by atoms with Crippen LogP contribution in [0.25, 0.3) is 53.6 Å². The van der Waals surface area contributed by atoms with E-state index in [9.17, 15) is 0 Å². The van der Waals surface area contributed by atoms with Crippen molar-refractivity contribution in [2.75, 3.05) is 4.90 Å². The number of fused-ring (bicyclic) bond motifs is 22. The van der Waals surface area contributed by atoms with Crippen LogP contribution in [0.2, 0.25) is 0 Å². The molecule has 316 valence electrons. The Morgan fingerprint density at radius 1 is 0.379 bits per heavy atom. The first-order chi connectivity index (χ1) is 32.0. The molecule has 0 saturated carbocycles. The Bertz CT molecular complexity index is 3630. The molecule has 10 aromatic rings. The Hall–Kier alpha value is -6.78. The van der Waals surface area contributed by atoms with Crippen LogP contribution in [-0.2, 0) is 16.2 Å². The second-order valence-electron chi connectivity index (χ2n) is 21.2. The molecule has 0 atom stereocenters. The second kappa shape index (κ2) is 13.0. The van der Waals surface area contributed by atoms with Crippen LogP contribution in [0.3, 0.4) is 0 Å². The van der Waals surface area contributed by atoms with Crippen molar-refractivity contribution < 1.29 is 0 Å². The zero-order valence-corrected chi connectivity index (χ0v) is 40.1. The zero-order valence-electron chi connectivity index (χ0n) is 38.3. The van der Waals surface area contributed by atoms with Crippen LogP contribution in [0.5, 0.6) is 0 Å². The lowest BCUT2D eigenvalue weighted by Crippen LogP contribution is -2.70. The summed E-state index contributed by atoms with van der Waals surface area (Å²) in [5.41, 5.74) is 19.5. The average molecular weight is 880 g/mol. The summed E-state index contributed by atoms with van der Waals surface area (Å²) in [6, 6.07) is 73.8. The summed E-state index contributed by atoms with van der Waals surface area (Å²) in [6.07, 6.45) is 0. The van der Waals surface area contributed by atoms with Gasteiger partial charge < -0.3 is 4.90 Å². The van der Waals surface area contributed by atoms with Crippen LogP contribution in [0.15, 0.2) is 188 Å². The molecule has 0 amide bonds. The maximum Gasteiger partial charge on any atom is 0.182 e. The Morgan fingerprint density at radius 3 is 1.50 bits per heavy atom. The van der Waals surface area contributed by atoms with Gasteiger partial charge in [0.2, 0.25) is 0 Å². The van der Waals surface area contributed by atoms with E-state index in [2.05, 4.69) is 234 Å². The monoisotopic (exact) mass is 879 g/mol. The molecule has 66 heavy (non-hydrogen) atoms. The zero-order chi connectivity index (χ0) is 44.5. The normalized spacial score (nSPS) is 15.3. The highest BCUT2D eigenvalue weighted by molar-refractivity contribution is 7.26. The smallest absolute Gasteiger partial charge is 0.182 e.